The van der Waals surface area contributed by atoms with E-state index in [4.69, 9.17) is 10.3 Å². The largest absolute Gasteiger partial charge is 0.445 e. The molecule has 0 aliphatic carbocycles. The zero-order valence-electron chi connectivity index (χ0n) is 14.0. The molecule has 0 spiro atoms. The van der Waals surface area contributed by atoms with Crippen molar-refractivity contribution >= 4 is 11.8 Å². The predicted octanol–water partition coefficient (Wildman–Crippen LogP) is 3.34. The average Bonchev–Trinajstić information content (AvgIpc) is 2.67. The number of azide groups is 1. The summed E-state index contributed by atoms with van der Waals surface area (Å²) in [4.78, 5) is 14.3. The molecule has 8 heteroatoms. The van der Waals surface area contributed by atoms with Crippen LogP contribution in [0.15, 0.2) is 59.7 Å². The Bertz CT molecular complexity index is 763. The van der Waals surface area contributed by atoms with E-state index in [9.17, 15) is 15.0 Å². The number of carbonyl (C=O) groups is 1. The van der Waals surface area contributed by atoms with Crippen molar-refractivity contribution in [2.75, 3.05) is 6.54 Å². The van der Waals surface area contributed by atoms with Crippen LogP contribution in [0.2, 0.25) is 0 Å². The third-order valence-electron chi connectivity index (χ3n) is 3.69. The van der Waals surface area contributed by atoms with E-state index in [1.54, 1.807) is 24.3 Å². The van der Waals surface area contributed by atoms with Gasteiger partial charge in [-0.3, -0.25) is 0 Å². The quantitative estimate of drug-likeness (QED) is 0.381. The summed E-state index contributed by atoms with van der Waals surface area (Å²) >= 11 is 0. The molecule has 0 aliphatic heterocycles. The van der Waals surface area contributed by atoms with Crippen LogP contribution in [-0.4, -0.2) is 29.0 Å². The number of hydrogen-bond donors (Lipinski definition) is 3. The van der Waals surface area contributed by atoms with Crippen molar-refractivity contribution in [3.63, 3.8) is 0 Å². The highest BCUT2D eigenvalue weighted by atomic mass is 16.5. The van der Waals surface area contributed by atoms with Gasteiger partial charge < -0.3 is 20.3 Å². The zero-order chi connectivity index (χ0) is 18.8. The second-order valence-corrected chi connectivity index (χ2v) is 5.54. The van der Waals surface area contributed by atoms with Gasteiger partial charge in [0.2, 0.25) is 0 Å². The predicted molar refractivity (Wildman–Crippen MR) is 95.5 cm³/mol. The smallest absolute Gasteiger partial charge is 0.407 e. The molecule has 0 fully saturated rings. The van der Waals surface area contributed by atoms with E-state index in [1.807, 2.05) is 30.3 Å². The Morgan fingerprint density at radius 2 is 1.85 bits per heavy atom. The van der Waals surface area contributed by atoms with Gasteiger partial charge in [-0.05, 0) is 23.1 Å². The molecule has 0 bridgehead atoms. The van der Waals surface area contributed by atoms with Crippen molar-refractivity contribution in [1.29, 1.82) is 0 Å². The standard InChI is InChI=1S/C18H20N4O4/c19-22-21-15-9-5-4-8-14(15)17(24)16(23)10-11-20-18(25)26-12-13-6-2-1-3-7-13/h1-9,16-17,23-24H,10-12H2,(H,20,25). The monoisotopic (exact) mass is 356 g/mol. The van der Waals surface area contributed by atoms with E-state index in [1.165, 1.54) is 0 Å². The molecule has 1 amide bonds. The molecule has 8 nitrogen and oxygen atoms in total. The summed E-state index contributed by atoms with van der Waals surface area (Å²) in [5.74, 6) is 0. The number of hydrogen-bond acceptors (Lipinski definition) is 5. The summed E-state index contributed by atoms with van der Waals surface area (Å²) in [6.45, 7) is 0.271. The van der Waals surface area contributed by atoms with Gasteiger partial charge in [-0.15, -0.1) is 0 Å². The van der Waals surface area contributed by atoms with Crippen LogP contribution in [0.4, 0.5) is 10.5 Å². The normalized spacial score (nSPS) is 12.5. The number of aliphatic hydroxyl groups is 2. The van der Waals surface area contributed by atoms with Crippen molar-refractivity contribution in [1.82, 2.24) is 5.32 Å². The molecule has 2 aromatic carbocycles. The SMILES string of the molecule is [N-]=[N+]=Nc1ccccc1C(O)C(O)CCNC(=O)OCc1ccccc1. The Hall–Kier alpha value is -3.06. The number of ether oxygens (including phenoxy) is 1. The average molecular weight is 356 g/mol. The number of alkyl carbamates (subject to hydrolysis) is 1. The van der Waals surface area contributed by atoms with E-state index >= 15 is 0 Å². The third kappa shape index (κ3) is 5.78. The van der Waals surface area contributed by atoms with Gasteiger partial charge in [-0.25, -0.2) is 4.79 Å². The van der Waals surface area contributed by atoms with Crippen molar-refractivity contribution in [2.24, 2.45) is 5.11 Å². The molecule has 2 unspecified atom stereocenters. The number of benzene rings is 2. The zero-order valence-corrected chi connectivity index (χ0v) is 14.0. The van der Waals surface area contributed by atoms with Gasteiger partial charge in [0.15, 0.2) is 0 Å². The maximum absolute atomic E-state index is 11.6. The molecule has 2 aromatic rings. The number of nitrogens with zero attached hydrogens (tertiary/aromatic N) is 3. The Kier molecular flexibility index (Phi) is 7.45. The summed E-state index contributed by atoms with van der Waals surface area (Å²) in [6.07, 6.45) is -2.88. The lowest BCUT2D eigenvalue weighted by atomic mass is 10.0. The summed E-state index contributed by atoms with van der Waals surface area (Å²) < 4.78 is 5.06. The van der Waals surface area contributed by atoms with E-state index in [0.717, 1.165) is 5.56 Å². The maximum atomic E-state index is 11.6. The first-order valence-electron chi connectivity index (χ1n) is 8.06. The van der Waals surface area contributed by atoms with E-state index in [-0.39, 0.29) is 25.3 Å². The van der Waals surface area contributed by atoms with Crippen molar-refractivity contribution in [3.05, 3.63) is 76.2 Å². The highest BCUT2D eigenvalue weighted by Gasteiger charge is 2.20. The lowest BCUT2D eigenvalue weighted by molar-refractivity contribution is 0.0139. The molecular weight excluding hydrogens is 336 g/mol. The van der Waals surface area contributed by atoms with Gasteiger partial charge in [-0.2, -0.15) is 0 Å². The Morgan fingerprint density at radius 1 is 1.15 bits per heavy atom. The molecule has 0 heterocycles. The molecule has 2 atom stereocenters. The van der Waals surface area contributed by atoms with Crippen LogP contribution in [0.25, 0.3) is 10.4 Å². The first kappa shape index (κ1) is 19.3. The van der Waals surface area contributed by atoms with Gasteiger partial charge in [0.1, 0.15) is 12.7 Å². The molecule has 2 rings (SSSR count). The van der Waals surface area contributed by atoms with Crippen molar-refractivity contribution in [2.45, 2.75) is 25.2 Å². The summed E-state index contributed by atoms with van der Waals surface area (Å²) in [5, 5.41) is 26.4. The first-order valence-corrected chi connectivity index (χ1v) is 8.06. The summed E-state index contributed by atoms with van der Waals surface area (Å²) in [5.41, 5.74) is 9.99. The molecule has 136 valence electrons. The minimum absolute atomic E-state index is 0.103. The molecule has 0 aliphatic rings. The number of rotatable bonds is 8. The Balaban J connectivity index is 1.78. The Morgan fingerprint density at radius 3 is 2.58 bits per heavy atom. The summed E-state index contributed by atoms with van der Waals surface area (Å²) in [6, 6.07) is 15.7. The Labute approximate surface area is 150 Å². The highest BCUT2D eigenvalue weighted by molar-refractivity contribution is 5.67. The van der Waals surface area contributed by atoms with Gasteiger partial charge in [0, 0.05) is 17.1 Å². The van der Waals surface area contributed by atoms with Crippen LogP contribution in [-0.2, 0) is 11.3 Å². The van der Waals surface area contributed by atoms with Gasteiger partial charge in [-0.1, -0.05) is 59.7 Å². The van der Waals surface area contributed by atoms with E-state index in [2.05, 4.69) is 15.3 Å². The summed E-state index contributed by atoms with van der Waals surface area (Å²) in [7, 11) is 0. The van der Waals surface area contributed by atoms with Crippen molar-refractivity contribution < 1.29 is 19.7 Å². The number of amides is 1. The molecule has 0 saturated heterocycles. The minimum atomic E-state index is -1.24. The van der Waals surface area contributed by atoms with E-state index < -0.39 is 18.3 Å². The highest BCUT2D eigenvalue weighted by Crippen LogP contribution is 2.28. The van der Waals surface area contributed by atoms with Crippen LogP contribution in [0.5, 0.6) is 0 Å². The fraction of sp³-hybridized carbons (Fsp3) is 0.278. The second kappa shape index (κ2) is 10.0. The number of carbonyl (C=O) groups excluding carboxylic acids is 1. The van der Waals surface area contributed by atoms with Gasteiger partial charge in [0.05, 0.1) is 6.10 Å². The first-order chi connectivity index (χ1) is 12.6. The van der Waals surface area contributed by atoms with Crippen LogP contribution in [0, 0.1) is 0 Å². The molecule has 3 N–H and O–H groups in total. The van der Waals surface area contributed by atoms with Crippen LogP contribution >= 0.6 is 0 Å². The topological polar surface area (TPSA) is 128 Å². The van der Waals surface area contributed by atoms with Crippen molar-refractivity contribution in [3.8, 4) is 0 Å². The molecular formula is C18H20N4O4. The van der Waals surface area contributed by atoms with Gasteiger partial charge in [0.25, 0.3) is 0 Å². The lowest BCUT2D eigenvalue weighted by Gasteiger charge is -2.19. The molecule has 0 aromatic heterocycles. The second-order valence-electron chi connectivity index (χ2n) is 5.54. The third-order valence-corrected chi connectivity index (χ3v) is 3.69. The lowest BCUT2D eigenvalue weighted by Crippen LogP contribution is -2.29. The van der Waals surface area contributed by atoms with Crippen LogP contribution in [0.1, 0.15) is 23.7 Å². The molecule has 0 radical (unpaired) electrons. The fourth-order valence-electron chi connectivity index (χ4n) is 2.34. The van der Waals surface area contributed by atoms with E-state index in [0.29, 0.717) is 5.56 Å². The number of aliphatic hydroxyl groups excluding tert-OH is 2. The minimum Gasteiger partial charge on any atom is -0.445 e. The van der Waals surface area contributed by atoms with Gasteiger partial charge >= 0.3 is 6.09 Å². The maximum Gasteiger partial charge on any atom is 0.407 e. The molecule has 0 saturated carbocycles. The molecule has 26 heavy (non-hydrogen) atoms. The fourth-order valence-corrected chi connectivity index (χ4v) is 2.34. The van der Waals surface area contributed by atoms with Crippen LogP contribution in [0.3, 0.4) is 0 Å². The number of nitrogens with one attached hydrogen (secondary N) is 1. The van der Waals surface area contributed by atoms with Crippen LogP contribution < -0.4 is 5.32 Å².